The van der Waals surface area contributed by atoms with E-state index < -0.39 is 11.8 Å². The second-order valence-electron chi connectivity index (χ2n) is 3.01. The molecule has 0 radical (unpaired) electrons. The average Bonchev–Trinajstić information content (AvgIpc) is 2.20. The van der Waals surface area contributed by atoms with Crippen LogP contribution in [0.3, 0.4) is 0 Å². The van der Waals surface area contributed by atoms with E-state index in [1.54, 1.807) is 0 Å². The van der Waals surface area contributed by atoms with Gasteiger partial charge in [0.1, 0.15) is 5.82 Å². The third-order valence-electron chi connectivity index (χ3n) is 1.83. The summed E-state index contributed by atoms with van der Waals surface area (Å²) in [4.78, 5) is 10.2. The molecule has 0 heterocycles. The van der Waals surface area contributed by atoms with Gasteiger partial charge in [0, 0.05) is 5.56 Å². The van der Waals surface area contributed by atoms with E-state index >= 15 is 0 Å². The fraction of sp³-hybridized carbons (Fsp3) is 0.182. The van der Waals surface area contributed by atoms with E-state index in [1.165, 1.54) is 30.4 Å². The predicted molar refractivity (Wildman–Crippen MR) is 53.6 cm³/mol. The molecule has 0 saturated heterocycles. The SMILES string of the molecule is O=C(O)CC=Cc1cc(CO)ccc1F. The second kappa shape index (κ2) is 5.26. The largest absolute Gasteiger partial charge is 0.481 e. The van der Waals surface area contributed by atoms with E-state index in [-0.39, 0.29) is 18.6 Å². The van der Waals surface area contributed by atoms with Gasteiger partial charge in [0.25, 0.3) is 0 Å². The number of hydrogen-bond donors (Lipinski definition) is 2. The Morgan fingerprint density at radius 3 is 2.80 bits per heavy atom. The molecule has 4 heteroatoms. The number of aliphatic hydroxyl groups is 1. The predicted octanol–water partition coefficient (Wildman–Crippen LogP) is 1.81. The summed E-state index contributed by atoms with van der Waals surface area (Å²) < 4.78 is 13.2. The zero-order chi connectivity index (χ0) is 11.3. The first-order chi connectivity index (χ1) is 7.13. The Morgan fingerprint density at radius 2 is 2.20 bits per heavy atom. The van der Waals surface area contributed by atoms with Crippen molar-refractivity contribution in [3.05, 3.63) is 41.2 Å². The van der Waals surface area contributed by atoms with Crippen LogP contribution in [0.4, 0.5) is 4.39 Å². The lowest BCUT2D eigenvalue weighted by Crippen LogP contribution is -1.91. The molecule has 1 rings (SSSR count). The van der Waals surface area contributed by atoms with Gasteiger partial charge >= 0.3 is 5.97 Å². The Morgan fingerprint density at radius 1 is 1.47 bits per heavy atom. The number of halogens is 1. The minimum Gasteiger partial charge on any atom is -0.481 e. The molecule has 0 bridgehead atoms. The van der Waals surface area contributed by atoms with Gasteiger partial charge in [-0.1, -0.05) is 18.2 Å². The van der Waals surface area contributed by atoms with Gasteiger partial charge in [-0.15, -0.1) is 0 Å². The van der Waals surface area contributed by atoms with E-state index in [0.717, 1.165) is 0 Å². The number of hydrogen-bond acceptors (Lipinski definition) is 2. The summed E-state index contributed by atoms with van der Waals surface area (Å²) in [6.07, 6.45) is 2.60. The molecule has 0 aliphatic heterocycles. The molecule has 0 aromatic heterocycles. The molecule has 80 valence electrons. The van der Waals surface area contributed by atoms with Crippen LogP contribution in [0.25, 0.3) is 6.08 Å². The minimum atomic E-state index is -0.968. The summed E-state index contributed by atoms with van der Waals surface area (Å²) >= 11 is 0. The number of rotatable bonds is 4. The smallest absolute Gasteiger partial charge is 0.307 e. The summed E-state index contributed by atoms with van der Waals surface area (Å²) in [6, 6.07) is 4.20. The molecule has 2 N–H and O–H groups in total. The van der Waals surface area contributed by atoms with Gasteiger partial charge in [0.05, 0.1) is 13.0 Å². The summed E-state index contributed by atoms with van der Waals surface area (Å²) in [5.41, 5.74) is 0.870. The number of benzene rings is 1. The maximum Gasteiger partial charge on any atom is 0.307 e. The van der Waals surface area contributed by atoms with Crippen LogP contribution in [0.5, 0.6) is 0 Å². The highest BCUT2D eigenvalue weighted by molar-refractivity contribution is 5.70. The second-order valence-corrected chi connectivity index (χ2v) is 3.01. The molecular weight excluding hydrogens is 199 g/mol. The van der Waals surface area contributed by atoms with Crippen LogP contribution in [-0.2, 0) is 11.4 Å². The number of aliphatic hydroxyl groups excluding tert-OH is 1. The first kappa shape index (κ1) is 11.4. The molecule has 1 aromatic carbocycles. The molecule has 0 amide bonds. The van der Waals surface area contributed by atoms with E-state index in [9.17, 15) is 9.18 Å². The van der Waals surface area contributed by atoms with Crippen LogP contribution in [0, 0.1) is 5.82 Å². The van der Waals surface area contributed by atoms with Crippen molar-refractivity contribution in [3.63, 3.8) is 0 Å². The Labute approximate surface area is 86.5 Å². The molecular formula is C11H11FO3. The number of carbonyl (C=O) groups is 1. The fourth-order valence-corrected chi connectivity index (χ4v) is 1.11. The zero-order valence-corrected chi connectivity index (χ0v) is 7.98. The molecule has 0 atom stereocenters. The quantitative estimate of drug-likeness (QED) is 0.796. The Hall–Kier alpha value is -1.68. The molecule has 0 unspecified atom stereocenters. The standard InChI is InChI=1S/C11H11FO3/c12-10-5-4-8(7-13)6-9(10)2-1-3-11(14)15/h1-2,4-6,13H,3,7H2,(H,14,15). The van der Waals surface area contributed by atoms with Crippen molar-refractivity contribution in [3.8, 4) is 0 Å². The van der Waals surface area contributed by atoms with E-state index in [2.05, 4.69) is 0 Å². The number of carboxylic acids is 1. The third kappa shape index (κ3) is 3.52. The van der Waals surface area contributed by atoms with Crippen molar-refractivity contribution in [2.45, 2.75) is 13.0 Å². The van der Waals surface area contributed by atoms with Crippen LogP contribution in [0.15, 0.2) is 24.3 Å². The van der Waals surface area contributed by atoms with Crippen molar-refractivity contribution in [2.75, 3.05) is 0 Å². The van der Waals surface area contributed by atoms with Gasteiger partial charge in [0.2, 0.25) is 0 Å². The topological polar surface area (TPSA) is 57.5 Å². The van der Waals surface area contributed by atoms with Crippen LogP contribution in [0.1, 0.15) is 17.5 Å². The van der Waals surface area contributed by atoms with Crippen LogP contribution in [-0.4, -0.2) is 16.2 Å². The molecule has 0 saturated carbocycles. The van der Waals surface area contributed by atoms with Crippen molar-refractivity contribution < 1.29 is 19.4 Å². The van der Waals surface area contributed by atoms with Crippen molar-refractivity contribution >= 4 is 12.0 Å². The summed E-state index contributed by atoms with van der Waals surface area (Å²) in [5.74, 6) is -1.40. The van der Waals surface area contributed by atoms with Gasteiger partial charge in [-0.2, -0.15) is 0 Å². The average molecular weight is 210 g/mol. The van der Waals surface area contributed by atoms with Crippen LogP contribution in [0.2, 0.25) is 0 Å². The molecule has 0 fully saturated rings. The Kier molecular flexibility index (Phi) is 4.00. The van der Waals surface area contributed by atoms with Crippen molar-refractivity contribution in [1.29, 1.82) is 0 Å². The molecule has 3 nitrogen and oxygen atoms in total. The van der Waals surface area contributed by atoms with Gasteiger partial charge in [-0.25, -0.2) is 4.39 Å². The van der Waals surface area contributed by atoms with Crippen molar-refractivity contribution in [1.82, 2.24) is 0 Å². The lowest BCUT2D eigenvalue weighted by molar-refractivity contribution is -0.135. The molecule has 0 aliphatic rings. The number of aliphatic carboxylic acids is 1. The van der Waals surface area contributed by atoms with Crippen LogP contribution >= 0.6 is 0 Å². The molecule has 0 aliphatic carbocycles. The highest BCUT2D eigenvalue weighted by Gasteiger charge is 2.00. The van der Waals surface area contributed by atoms with Crippen molar-refractivity contribution in [2.24, 2.45) is 0 Å². The van der Waals surface area contributed by atoms with Gasteiger partial charge in [-0.05, 0) is 17.7 Å². The monoisotopic (exact) mass is 210 g/mol. The highest BCUT2D eigenvalue weighted by Crippen LogP contribution is 2.12. The number of carboxylic acid groups (broad SMARTS) is 1. The fourth-order valence-electron chi connectivity index (χ4n) is 1.11. The molecule has 0 spiro atoms. The van der Waals surface area contributed by atoms with Gasteiger partial charge < -0.3 is 10.2 Å². The molecule has 1 aromatic rings. The third-order valence-corrected chi connectivity index (χ3v) is 1.83. The first-order valence-electron chi connectivity index (χ1n) is 4.41. The normalized spacial score (nSPS) is 10.8. The molecule has 15 heavy (non-hydrogen) atoms. The minimum absolute atomic E-state index is 0.150. The van der Waals surface area contributed by atoms with Crippen LogP contribution < -0.4 is 0 Å². The summed E-state index contributed by atoms with van der Waals surface area (Å²) in [5, 5.41) is 17.2. The lowest BCUT2D eigenvalue weighted by Gasteiger charge is -2.00. The first-order valence-corrected chi connectivity index (χ1v) is 4.41. The lowest BCUT2D eigenvalue weighted by atomic mass is 10.1. The Balaban J connectivity index is 2.83. The zero-order valence-electron chi connectivity index (χ0n) is 7.98. The van der Waals surface area contributed by atoms with E-state index in [1.807, 2.05) is 0 Å². The maximum atomic E-state index is 13.2. The summed E-state index contributed by atoms with van der Waals surface area (Å²) in [7, 11) is 0. The van der Waals surface area contributed by atoms with E-state index in [4.69, 9.17) is 10.2 Å². The highest BCUT2D eigenvalue weighted by atomic mass is 19.1. The van der Waals surface area contributed by atoms with Gasteiger partial charge in [0.15, 0.2) is 0 Å². The summed E-state index contributed by atoms with van der Waals surface area (Å²) in [6.45, 7) is -0.167. The Bertz CT molecular complexity index is 385. The van der Waals surface area contributed by atoms with E-state index in [0.29, 0.717) is 5.56 Å². The maximum absolute atomic E-state index is 13.2. The van der Waals surface area contributed by atoms with Gasteiger partial charge in [-0.3, -0.25) is 4.79 Å².